The fourth-order valence-corrected chi connectivity index (χ4v) is 5.54. The molecule has 3 atom stereocenters. The molecule has 5 heteroatoms. The van der Waals surface area contributed by atoms with Crippen molar-refractivity contribution in [2.24, 2.45) is 11.8 Å². The van der Waals surface area contributed by atoms with E-state index in [4.69, 9.17) is 23.2 Å². The SMILES string of the molecule is Cc1c(Cl)ccc(C(=O)N(CCc2c[nH]c3ccccc23)C2CC3C=CC2C3)c1Cl. The first kappa shape index (κ1) is 19.7. The van der Waals surface area contributed by atoms with Gasteiger partial charge in [-0.1, -0.05) is 53.6 Å². The van der Waals surface area contributed by atoms with Crippen molar-refractivity contribution in [1.82, 2.24) is 9.88 Å². The quantitative estimate of drug-likeness (QED) is 0.457. The van der Waals surface area contributed by atoms with Gasteiger partial charge in [0.05, 0.1) is 10.6 Å². The zero-order valence-corrected chi connectivity index (χ0v) is 18.4. The lowest BCUT2D eigenvalue weighted by molar-refractivity contribution is 0.0653. The molecule has 3 nitrogen and oxygen atoms in total. The van der Waals surface area contributed by atoms with Crippen LogP contribution in [0.3, 0.4) is 0 Å². The van der Waals surface area contributed by atoms with Crippen LogP contribution in [-0.2, 0) is 6.42 Å². The number of rotatable bonds is 5. The van der Waals surface area contributed by atoms with E-state index in [2.05, 4.69) is 46.4 Å². The highest BCUT2D eigenvalue weighted by Crippen LogP contribution is 2.42. The van der Waals surface area contributed by atoms with Crippen LogP contribution in [-0.4, -0.2) is 28.4 Å². The predicted molar refractivity (Wildman–Crippen MR) is 123 cm³/mol. The molecule has 3 unspecified atom stereocenters. The first-order chi connectivity index (χ1) is 14.5. The summed E-state index contributed by atoms with van der Waals surface area (Å²) in [5.74, 6) is 1.03. The van der Waals surface area contributed by atoms with Crippen molar-refractivity contribution in [3.05, 3.63) is 81.5 Å². The first-order valence-corrected chi connectivity index (χ1v) is 11.3. The second-order valence-electron chi connectivity index (χ2n) is 8.49. The minimum atomic E-state index is 0.00515. The molecule has 0 spiro atoms. The van der Waals surface area contributed by atoms with Gasteiger partial charge in [-0.3, -0.25) is 4.79 Å². The Morgan fingerprint density at radius 1 is 1.13 bits per heavy atom. The van der Waals surface area contributed by atoms with Crippen LogP contribution in [0.4, 0.5) is 0 Å². The van der Waals surface area contributed by atoms with Gasteiger partial charge >= 0.3 is 0 Å². The van der Waals surface area contributed by atoms with Crippen molar-refractivity contribution in [1.29, 1.82) is 0 Å². The number of amides is 1. The summed E-state index contributed by atoms with van der Waals surface area (Å²) in [5, 5.41) is 2.27. The molecule has 30 heavy (non-hydrogen) atoms. The van der Waals surface area contributed by atoms with Crippen molar-refractivity contribution in [3.63, 3.8) is 0 Å². The van der Waals surface area contributed by atoms with Gasteiger partial charge in [0.15, 0.2) is 0 Å². The molecular formula is C25H24Cl2N2O. The summed E-state index contributed by atoms with van der Waals surface area (Å²) in [5.41, 5.74) is 3.67. The van der Waals surface area contributed by atoms with Gasteiger partial charge in [-0.25, -0.2) is 0 Å². The minimum absolute atomic E-state index is 0.00515. The van der Waals surface area contributed by atoms with Gasteiger partial charge in [-0.2, -0.15) is 0 Å². The van der Waals surface area contributed by atoms with Gasteiger partial charge < -0.3 is 9.88 Å². The van der Waals surface area contributed by atoms with Gasteiger partial charge in [-0.05, 0) is 67.3 Å². The summed E-state index contributed by atoms with van der Waals surface area (Å²) in [4.78, 5) is 19.1. The van der Waals surface area contributed by atoms with Gasteiger partial charge in [0.25, 0.3) is 5.91 Å². The van der Waals surface area contributed by atoms with Crippen molar-refractivity contribution in [2.75, 3.05) is 6.54 Å². The number of nitrogens with one attached hydrogen (secondary N) is 1. The van der Waals surface area contributed by atoms with Gasteiger partial charge in [0.1, 0.15) is 0 Å². The fraction of sp³-hybridized carbons (Fsp3) is 0.320. The van der Waals surface area contributed by atoms with Crippen LogP contribution in [0.15, 0.2) is 54.7 Å². The smallest absolute Gasteiger partial charge is 0.255 e. The minimum Gasteiger partial charge on any atom is -0.361 e. The molecule has 0 saturated heterocycles. The standard InChI is InChI=1S/C25H24Cl2N2O/c1-15-21(26)9-8-20(24(15)27)25(30)29(23-13-16-6-7-17(23)12-16)11-10-18-14-28-22-5-3-2-4-19(18)22/h2-9,14,16-17,23,28H,10-13H2,1H3. The number of hydrogen-bond donors (Lipinski definition) is 1. The molecule has 2 aliphatic rings. The molecule has 1 aromatic heterocycles. The Morgan fingerprint density at radius 3 is 2.73 bits per heavy atom. The van der Waals surface area contributed by atoms with Crippen LogP contribution in [0.25, 0.3) is 10.9 Å². The number of H-pyrrole nitrogens is 1. The number of carbonyl (C=O) groups is 1. The number of allylic oxidation sites excluding steroid dienone is 1. The molecule has 2 aliphatic carbocycles. The van der Waals surface area contributed by atoms with Gasteiger partial charge in [-0.15, -0.1) is 0 Å². The number of halogens is 2. The molecule has 1 heterocycles. The molecule has 1 saturated carbocycles. The van der Waals surface area contributed by atoms with E-state index in [0.717, 1.165) is 30.3 Å². The summed E-state index contributed by atoms with van der Waals surface area (Å²) in [6, 6.07) is 12.1. The van der Waals surface area contributed by atoms with Gasteiger partial charge in [0.2, 0.25) is 0 Å². The number of aromatic nitrogens is 1. The summed E-state index contributed by atoms with van der Waals surface area (Å²) < 4.78 is 0. The number of carbonyl (C=O) groups excluding carboxylic acids is 1. The Balaban J connectivity index is 1.46. The van der Waals surface area contributed by atoms with Crippen LogP contribution in [0.1, 0.15) is 34.3 Å². The van der Waals surface area contributed by atoms with Crippen LogP contribution in [0.2, 0.25) is 10.0 Å². The Morgan fingerprint density at radius 2 is 1.97 bits per heavy atom. The van der Waals surface area contributed by atoms with Crippen molar-refractivity contribution >= 4 is 40.0 Å². The maximum atomic E-state index is 13.7. The van der Waals surface area contributed by atoms with Crippen LogP contribution in [0.5, 0.6) is 0 Å². The normalized spacial score (nSPS) is 22.2. The molecule has 0 aliphatic heterocycles. The Hall–Kier alpha value is -2.23. The third kappa shape index (κ3) is 3.34. The largest absolute Gasteiger partial charge is 0.361 e. The van der Waals surface area contributed by atoms with E-state index >= 15 is 0 Å². The average molecular weight is 439 g/mol. The number of benzene rings is 2. The van der Waals surface area contributed by atoms with Gasteiger partial charge in [0, 0.05) is 34.7 Å². The number of nitrogens with zero attached hydrogens (tertiary/aromatic N) is 1. The van der Waals surface area contributed by atoms with E-state index < -0.39 is 0 Å². The highest BCUT2D eigenvalue weighted by molar-refractivity contribution is 6.38. The van der Waals surface area contributed by atoms with E-state index in [9.17, 15) is 4.79 Å². The summed E-state index contributed by atoms with van der Waals surface area (Å²) in [7, 11) is 0. The predicted octanol–water partition coefficient (Wildman–Crippen LogP) is 6.43. The molecule has 154 valence electrons. The lowest BCUT2D eigenvalue weighted by atomic mass is 9.97. The molecule has 5 rings (SSSR count). The number of para-hydroxylation sites is 1. The van der Waals surface area contributed by atoms with Crippen molar-refractivity contribution in [2.45, 2.75) is 32.2 Å². The molecule has 1 amide bonds. The molecule has 1 fully saturated rings. The average Bonchev–Trinajstić information content (AvgIpc) is 3.48. The molecule has 1 N–H and O–H groups in total. The highest BCUT2D eigenvalue weighted by Gasteiger charge is 2.41. The first-order valence-electron chi connectivity index (χ1n) is 10.5. The maximum Gasteiger partial charge on any atom is 0.255 e. The zero-order chi connectivity index (χ0) is 20.8. The molecule has 2 aromatic carbocycles. The number of fused-ring (bicyclic) bond motifs is 3. The van der Waals surface area contributed by atoms with E-state index in [1.165, 1.54) is 10.9 Å². The highest BCUT2D eigenvalue weighted by atomic mass is 35.5. The van der Waals surface area contributed by atoms with E-state index in [1.807, 2.05) is 13.0 Å². The van der Waals surface area contributed by atoms with Crippen molar-refractivity contribution < 1.29 is 4.79 Å². The lowest BCUT2D eigenvalue weighted by Gasteiger charge is -2.33. The molecule has 2 bridgehead atoms. The molecule has 3 aromatic rings. The topological polar surface area (TPSA) is 36.1 Å². The van der Waals surface area contributed by atoms with Crippen molar-refractivity contribution in [3.8, 4) is 0 Å². The Labute approximate surface area is 186 Å². The van der Waals surface area contributed by atoms with E-state index in [1.54, 1.807) is 12.1 Å². The fourth-order valence-electron chi connectivity index (χ4n) is 5.09. The molecular weight excluding hydrogens is 415 g/mol. The zero-order valence-electron chi connectivity index (χ0n) is 16.9. The summed E-state index contributed by atoms with van der Waals surface area (Å²) in [6.07, 6.45) is 9.65. The van der Waals surface area contributed by atoms with E-state index in [-0.39, 0.29) is 11.9 Å². The number of aromatic amines is 1. The Bertz CT molecular complexity index is 1150. The lowest BCUT2D eigenvalue weighted by Crippen LogP contribution is -2.44. The number of hydrogen-bond acceptors (Lipinski definition) is 1. The van der Waals surface area contributed by atoms with E-state index in [0.29, 0.717) is 34.0 Å². The van der Waals surface area contributed by atoms with Crippen LogP contribution >= 0.6 is 23.2 Å². The second kappa shape index (κ2) is 7.79. The van der Waals surface area contributed by atoms with Crippen LogP contribution < -0.4 is 0 Å². The third-order valence-corrected chi connectivity index (χ3v) is 7.65. The summed E-state index contributed by atoms with van der Waals surface area (Å²) in [6.45, 7) is 2.53. The monoisotopic (exact) mass is 438 g/mol. The molecule has 0 radical (unpaired) electrons. The van der Waals surface area contributed by atoms with Crippen LogP contribution in [0, 0.1) is 18.8 Å². The second-order valence-corrected chi connectivity index (χ2v) is 9.27. The Kier molecular flexibility index (Phi) is 5.12. The summed E-state index contributed by atoms with van der Waals surface area (Å²) >= 11 is 12.8. The maximum absolute atomic E-state index is 13.7. The third-order valence-electron chi connectivity index (χ3n) is 6.75.